The largest absolute Gasteiger partial charge is 0.395 e. The van der Waals surface area contributed by atoms with Crippen molar-refractivity contribution >= 4 is 10.1 Å². The summed E-state index contributed by atoms with van der Waals surface area (Å²) in [5.41, 5.74) is 0.644. The molecular weight excluding hydrogens is 338 g/mol. The summed E-state index contributed by atoms with van der Waals surface area (Å²) in [6.45, 7) is 11.6. The van der Waals surface area contributed by atoms with Crippen molar-refractivity contribution in [1.29, 1.82) is 0 Å². The molecule has 0 heterocycles. The molecule has 0 atom stereocenters. The van der Waals surface area contributed by atoms with E-state index in [4.69, 9.17) is 9.66 Å². The minimum atomic E-state index is -4.08. The third-order valence-corrected chi connectivity index (χ3v) is 4.82. The number of hydrogen-bond acceptors (Lipinski definition) is 4. The molecule has 2 N–H and O–H groups in total. The molecule has 6 heteroatoms. The molecule has 0 aliphatic rings. The number of aliphatic hydroxyl groups is 1. The summed E-state index contributed by atoms with van der Waals surface area (Å²) in [5, 5.41) is 8.79. The highest BCUT2D eigenvalue weighted by molar-refractivity contribution is 7.85. The first-order chi connectivity index (χ1) is 11.8. The van der Waals surface area contributed by atoms with Gasteiger partial charge >= 0.3 is 0 Å². The first kappa shape index (κ1) is 24.1. The van der Waals surface area contributed by atoms with Gasteiger partial charge in [-0.05, 0) is 43.5 Å². The first-order valence-electron chi connectivity index (χ1n) is 9.17. The van der Waals surface area contributed by atoms with E-state index in [9.17, 15) is 8.42 Å². The summed E-state index contributed by atoms with van der Waals surface area (Å²) in [6.07, 6.45) is 5.00. The highest BCUT2D eigenvalue weighted by atomic mass is 32.2. The lowest BCUT2D eigenvalue weighted by Gasteiger charge is -2.20. The van der Waals surface area contributed by atoms with E-state index in [0.717, 1.165) is 19.6 Å². The number of aliphatic hydroxyl groups excluding tert-OH is 1. The fraction of sp³-hybridized carbons (Fsp3) is 0.684. The summed E-state index contributed by atoms with van der Waals surface area (Å²) in [7, 11) is -4.08. The highest BCUT2D eigenvalue weighted by Crippen LogP contribution is 2.22. The van der Waals surface area contributed by atoms with Crippen LogP contribution in [0.5, 0.6) is 0 Å². The average Bonchev–Trinajstić information content (AvgIpc) is 2.57. The summed E-state index contributed by atoms with van der Waals surface area (Å²) in [4.78, 5) is 2.36. The van der Waals surface area contributed by atoms with E-state index in [-0.39, 0.29) is 10.8 Å². The molecule has 0 unspecified atom stereocenters. The molecule has 0 radical (unpaired) electrons. The van der Waals surface area contributed by atoms with Gasteiger partial charge in [-0.15, -0.1) is 0 Å². The third kappa shape index (κ3) is 10.6. The predicted molar refractivity (Wildman–Crippen MR) is 104 cm³/mol. The molecule has 0 amide bonds. The van der Waals surface area contributed by atoms with Crippen molar-refractivity contribution in [3.8, 4) is 0 Å². The van der Waals surface area contributed by atoms with Crippen LogP contribution in [0.1, 0.15) is 64.9 Å². The molecule has 0 aliphatic heterocycles. The van der Waals surface area contributed by atoms with Gasteiger partial charge in [0.1, 0.15) is 0 Å². The van der Waals surface area contributed by atoms with Gasteiger partial charge in [-0.2, -0.15) is 8.42 Å². The summed E-state index contributed by atoms with van der Waals surface area (Å²) in [5.74, 6) is 0.0816. The average molecular weight is 374 g/mol. The van der Waals surface area contributed by atoms with E-state index in [0.29, 0.717) is 12.2 Å². The normalized spacial score (nSPS) is 11.5. The SMILES string of the molecule is CC(C)c1ccccc1S(=O)(=O)O.CCCCN(CCO)CCCC. The van der Waals surface area contributed by atoms with Crippen molar-refractivity contribution in [3.63, 3.8) is 0 Å². The maximum Gasteiger partial charge on any atom is 0.294 e. The number of nitrogens with zero attached hydrogens (tertiary/aromatic N) is 1. The lowest BCUT2D eigenvalue weighted by molar-refractivity contribution is 0.192. The van der Waals surface area contributed by atoms with E-state index in [1.165, 1.54) is 31.7 Å². The molecule has 0 aromatic heterocycles. The van der Waals surface area contributed by atoms with E-state index < -0.39 is 10.1 Å². The highest BCUT2D eigenvalue weighted by Gasteiger charge is 2.15. The van der Waals surface area contributed by atoms with Gasteiger partial charge in [-0.25, -0.2) is 0 Å². The van der Waals surface area contributed by atoms with Gasteiger partial charge in [0.05, 0.1) is 11.5 Å². The lowest BCUT2D eigenvalue weighted by Crippen LogP contribution is -2.28. The molecular formula is C19H35NO4S. The second-order valence-corrected chi connectivity index (χ2v) is 7.83. The second-order valence-electron chi connectivity index (χ2n) is 6.44. The van der Waals surface area contributed by atoms with Crippen LogP contribution in [0.25, 0.3) is 0 Å². The molecule has 0 fully saturated rings. The van der Waals surface area contributed by atoms with Gasteiger partial charge in [0.15, 0.2) is 0 Å². The van der Waals surface area contributed by atoms with Crippen LogP contribution in [0.3, 0.4) is 0 Å². The van der Waals surface area contributed by atoms with Crippen molar-refractivity contribution in [1.82, 2.24) is 4.90 Å². The Kier molecular flexibility index (Phi) is 12.8. The van der Waals surface area contributed by atoms with Crippen LogP contribution in [-0.2, 0) is 10.1 Å². The van der Waals surface area contributed by atoms with Gasteiger partial charge in [0.25, 0.3) is 10.1 Å². The topological polar surface area (TPSA) is 77.8 Å². The van der Waals surface area contributed by atoms with E-state index in [1.807, 2.05) is 13.8 Å². The molecule has 5 nitrogen and oxygen atoms in total. The quantitative estimate of drug-likeness (QED) is 0.608. The maximum atomic E-state index is 10.9. The van der Waals surface area contributed by atoms with E-state index in [2.05, 4.69) is 18.7 Å². The lowest BCUT2D eigenvalue weighted by atomic mass is 10.0. The van der Waals surface area contributed by atoms with Crippen molar-refractivity contribution in [2.45, 2.75) is 64.2 Å². The molecule has 25 heavy (non-hydrogen) atoms. The summed E-state index contributed by atoms with van der Waals surface area (Å²) in [6, 6.07) is 6.46. The second kappa shape index (κ2) is 13.3. The molecule has 0 saturated carbocycles. The van der Waals surface area contributed by atoms with Crippen LogP contribution in [0, 0.1) is 0 Å². The van der Waals surface area contributed by atoms with Crippen molar-refractivity contribution < 1.29 is 18.1 Å². The zero-order valence-electron chi connectivity index (χ0n) is 16.1. The fourth-order valence-electron chi connectivity index (χ4n) is 2.43. The van der Waals surface area contributed by atoms with Crippen LogP contribution < -0.4 is 0 Å². The zero-order valence-corrected chi connectivity index (χ0v) is 16.9. The van der Waals surface area contributed by atoms with Gasteiger partial charge < -0.3 is 10.0 Å². The Morgan fingerprint density at radius 1 is 1.00 bits per heavy atom. The van der Waals surface area contributed by atoms with Crippen LogP contribution in [0.2, 0.25) is 0 Å². The minimum Gasteiger partial charge on any atom is -0.395 e. The Hall–Kier alpha value is -0.950. The van der Waals surface area contributed by atoms with Crippen LogP contribution in [-0.4, -0.2) is 49.2 Å². The molecule has 146 valence electrons. The van der Waals surface area contributed by atoms with Gasteiger partial charge in [0, 0.05) is 6.54 Å². The van der Waals surface area contributed by atoms with Crippen LogP contribution in [0.4, 0.5) is 0 Å². The van der Waals surface area contributed by atoms with Crippen molar-refractivity contribution in [2.75, 3.05) is 26.2 Å². The Morgan fingerprint density at radius 3 is 1.88 bits per heavy atom. The van der Waals surface area contributed by atoms with E-state index in [1.54, 1.807) is 18.2 Å². The molecule has 0 spiro atoms. The third-order valence-electron chi connectivity index (χ3n) is 3.89. The zero-order chi connectivity index (χ0) is 19.3. The van der Waals surface area contributed by atoms with E-state index >= 15 is 0 Å². The number of benzene rings is 1. The monoisotopic (exact) mass is 373 g/mol. The summed E-state index contributed by atoms with van der Waals surface area (Å²) >= 11 is 0. The Balaban J connectivity index is 0.000000463. The number of unbranched alkanes of at least 4 members (excludes halogenated alkanes) is 2. The first-order valence-corrected chi connectivity index (χ1v) is 10.6. The Morgan fingerprint density at radius 2 is 1.52 bits per heavy atom. The summed E-state index contributed by atoms with van der Waals surface area (Å²) < 4.78 is 30.7. The predicted octanol–water partition coefficient (Wildman–Crippen LogP) is 3.94. The number of rotatable bonds is 10. The Labute approximate surface area is 153 Å². The number of hydrogen-bond donors (Lipinski definition) is 2. The smallest absolute Gasteiger partial charge is 0.294 e. The maximum absolute atomic E-state index is 10.9. The Bertz CT molecular complexity index is 550. The molecule has 0 bridgehead atoms. The van der Waals surface area contributed by atoms with Crippen LogP contribution in [0.15, 0.2) is 29.2 Å². The molecule has 0 saturated heterocycles. The van der Waals surface area contributed by atoms with Gasteiger partial charge in [-0.1, -0.05) is 58.7 Å². The van der Waals surface area contributed by atoms with Crippen molar-refractivity contribution in [2.24, 2.45) is 0 Å². The minimum absolute atomic E-state index is 0.00463. The molecule has 1 rings (SSSR count). The van der Waals surface area contributed by atoms with Crippen LogP contribution >= 0.6 is 0 Å². The molecule has 1 aromatic rings. The molecule has 0 aliphatic carbocycles. The van der Waals surface area contributed by atoms with Gasteiger partial charge in [-0.3, -0.25) is 4.55 Å². The molecule has 1 aromatic carbocycles. The van der Waals surface area contributed by atoms with Gasteiger partial charge in [0.2, 0.25) is 0 Å². The standard InChI is InChI=1S/C10H23NO.C9H12O3S/c1-3-5-7-11(9-10-12)8-6-4-2;1-7(2)8-5-3-4-6-9(8)13(10,11)12/h12H,3-10H2,1-2H3;3-7H,1-2H3,(H,10,11,12). The fourth-order valence-corrected chi connectivity index (χ4v) is 3.28. The van der Waals surface area contributed by atoms with Crippen molar-refractivity contribution in [3.05, 3.63) is 29.8 Å².